The molecule has 0 amide bonds. The van der Waals surface area contributed by atoms with Gasteiger partial charge in [0, 0.05) is 30.1 Å². The SMILES string of the molecule is CC1CCN(c2nccc3c(N)c(Cl)ccc23)CC1. The molecule has 2 N–H and O–H groups in total. The van der Waals surface area contributed by atoms with Gasteiger partial charge in [-0.15, -0.1) is 0 Å². The molecular weight excluding hydrogens is 258 g/mol. The zero-order valence-electron chi connectivity index (χ0n) is 11.1. The topological polar surface area (TPSA) is 42.2 Å². The highest BCUT2D eigenvalue weighted by Gasteiger charge is 2.19. The summed E-state index contributed by atoms with van der Waals surface area (Å²) in [5.74, 6) is 1.85. The van der Waals surface area contributed by atoms with E-state index in [4.69, 9.17) is 17.3 Å². The molecular formula is C15H18ClN3. The lowest BCUT2D eigenvalue weighted by atomic mass is 9.99. The third kappa shape index (κ3) is 2.23. The van der Waals surface area contributed by atoms with Crippen LogP contribution < -0.4 is 10.6 Å². The Labute approximate surface area is 118 Å². The highest BCUT2D eigenvalue weighted by Crippen LogP contribution is 2.34. The number of rotatable bonds is 1. The number of nitrogens with zero attached hydrogens (tertiary/aromatic N) is 2. The summed E-state index contributed by atoms with van der Waals surface area (Å²) < 4.78 is 0. The molecule has 3 nitrogen and oxygen atoms in total. The number of nitrogens with two attached hydrogens (primary N) is 1. The Balaban J connectivity index is 2.07. The molecule has 1 aliphatic rings. The molecule has 0 saturated carbocycles. The van der Waals surface area contributed by atoms with Gasteiger partial charge < -0.3 is 10.6 Å². The highest BCUT2D eigenvalue weighted by molar-refractivity contribution is 6.34. The average molecular weight is 276 g/mol. The predicted molar refractivity (Wildman–Crippen MR) is 81.8 cm³/mol. The van der Waals surface area contributed by atoms with Crippen molar-refractivity contribution in [3.8, 4) is 0 Å². The van der Waals surface area contributed by atoms with Gasteiger partial charge in [0.25, 0.3) is 0 Å². The van der Waals surface area contributed by atoms with Gasteiger partial charge in [-0.2, -0.15) is 0 Å². The maximum Gasteiger partial charge on any atom is 0.136 e. The van der Waals surface area contributed by atoms with Crippen LogP contribution in [0.4, 0.5) is 11.5 Å². The Bertz CT molecular complexity index is 604. The van der Waals surface area contributed by atoms with Crippen molar-refractivity contribution in [3.05, 3.63) is 29.4 Å². The van der Waals surface area contributed by atoms with Crippen LogP contribution in [0.2, 0.25) is 5.02 Å². The van der Waals surface area contributed by atoms with Crippen LogP contribution in [0, 0.1) is 5.92 Å². The summed E-state index contributed by atoms with van der Waals surface area (Å²) in [6, 6.07) is 5.82. The van der Waals surface area contributed by atoms with Crippen LogP contribution >= 0.6 is 11.6 Å². The normalized spacial score (nSPS) is 17.1. The van der Waals surface area contributed by atoms with Crippen LogP contribution in [0.3, 0.4) is 0 Å². The number of halogens is 1. The molecule has 0 spiro atoms. The van der Waals surface area contributed by atoms with Crippen LogP contribution in [0.15, 0.2) is 24.4 Å². The van der Waals surface area contributed by atoms with Gasteiger partial charge in [-0.3, -0.25) is 0 Å². The summed E-state index contributed by atoms with van der Waals surface area (Å²) >= 11 is 6.09. The number of nitrogen functional groups attached to an aromatic ring is 1. The predicted octanol–water partition coefficient (Wildman–Crippen LogP) is 3.71. The van der Waals surface area contributed by atoms with E-state index < -0.39 is 0 Å². The molecule has 0 radical (unpaired) electrons. The van der Waals surface area contributed by atoms with Crippen molar-refractivity contribution in [2.75, 3.05) is 23.7 Å². The monoisotopic (exact) mass is 275 g/mol. The summed E-state index contributed by atoms with van der Waals surface area (Å²) in [4.78, 5) is 6.91. The quantitative estimate of drug-likeness (QED) is 0.807. The second kappa shape index (κ2) is 4.89. The Hall–Kier alpha value is -1.48. The fourth-order valence-corrected chi connectivity index (χ4v) is 2.87. The van der Waals surface area contributed by atoms with Crippen molar-refractivity contribution in [3.63, 3.8) is 0 Å². The molecule has 19 heavy (non-hydrogen) atoms. The summed E-state index contributed by atoms with van der Waals surface area (Å²) in [5, 5.41) is 2.70. The zero-order chi connectivity index (χ0) is 13.4. The summed E-state index contributed by atoms with van der Waals surface area (Å²) in [6.45, 7) is 4.44. The Kier molecular flexibility index (Phi) is 3.23. The Morgan fingerprint density at radius 2 is 1.95 bits per heavy atom. The summed E-state index contributed by atoms with van der Waals surface area (Å²) in [6.07, 6.45) is 4.27. The van der Waals surface area contributed by atoms with Gasteiger partial charge in [-0.25, -0.2) is 4.98 Å². The third-order valence-electron chi connectivity index (χ3n) is 4.00. The molecule has 0 aliphatic carbocycles. The number of pyridine rings is 1. The molecule has 100 valence electrons. The van der Waals surface area contributed by atoms with Crippen molar-refractivity contribution >= 4 is 33.9 Å². The van der Waals surface area contributed by atoms with E-state index in [9.17, 15) is 0 Å². The molecule has 1 aromatic heterocycles. The second-order valence-electron chi connectivity index (χ2n) is 5.36. The Morgan fingerprint density at radius 3 is 2.68 bits per heavy atom. The van der Waals surface area contributed by atoms with Crippen LogP contribution in [-0.4, -0.2) is 18.1 Å². The van der Waals surface area contributed by atoms with Gasteiger partial charge in [0.1, 0.15) is 5.82 Å². The number of fused-ring (bicyclic) bond motifs is 1. The molecule has 0 atom stereocenters. The number of benzene rings is 1. The first-order valence-electron chi connectivity index (χ1n) is 6.74. The van der Waals surface area contributed by atoms with Crippen LogP contribution in [-0.2, 0) is 0 Å². The van der Waals surface area contributed by atoms with E-state index in [-0.39, 0.29) is 0 Å². The molecule has 2 heterocycles. The molecule has 4 heteroatoms. The first kappa shape index (κ1) is 12.5. The average Bonchev–Trinajstić information content (AvgIpc) is 2.43. The first-order valence-corrected chi connectivity index (χ1v) is 7.12. The maximum absolute atomic E-state index is 6.09. The minimum atomic E-state index is 0.608. The lowest BCUT2D eigenvalue weighted by molar-refractivity contribution is 0.437. The van der Waals surface area contributed by atoms with Gasteiger partial charge in [0.2, 0.25) is 0 Å². The number of piperidine rings is 1. The standard InChI is InChI=1S/C15H18ClN3/c1-10-5-8-19(9-6-10)15-12-2-3-13(16)14(17)11(12)4-7-18-15/h2-4,7,10H,5-6,8-9,17H2,1H3. The maximum atomic E-state index is 6.09. The van der Waals surface area contributed by atoms with E-state index in [0.717, 1.165) is 35.6 Å². The zero-order valence-corrected chi connectivity index (χ0v) is 11.8. The van der Waals surface area contributed by atoms with Crippen molar-refractivity contribution in [2.45, 2.75) is 19.8 Å². The van der Waals surface area contributed by atoms with Crippen molar-refractivity contribution in [2.24, 2.45) is 5.92 Å². The van der Waals surface area contributed by atoms with E-state index >= 15 is 0 Å². The van der Waals surface area contributed by atoms with Crippen LogP contribution in [0.25, 0.3) is 10.8 Å². The molecule has 1 fully saturated rings. The highest BCUT2D eigenvalue weighted by atomic mass is 35.5. The van der Waals surface area contributed by atoms with E-state index in [0.29, 0.717) is 10.7 Å². The number of hydrogen-bond acceptors (Lipinski definition) is 3. The smallest absolute Gasteiger partial charge is 0.136 e. The third-order valence-corrected chi connectivity index (χ3v) is 4.33. The lowest BCUT2D eigenvalue weighted by Crippen LogP contribution is -2.33. The summed E-state index contributed by atoms with van der Waals surface area (Å²) in [7, 11) is 0. The fraction of sp³-hybridized carbons (Fsp3) is 0.400. The van der Waals surface area contributed by atoms with Gasteiger partial charge in [0.05, 0.1) is 10.7 Å². The molecule has 1 aliphatic heterocycles. The van der Waals surface area contributed by atoms with Crippen molar-refractivity contribution < 1.29 is 0 Å². The van der Waals surface area contributed by atoms with Crippen LogP contribution in [0.1, 0.15) is 19.8 Å². The second-order valence-corrected chi connectivity index (χ2v) is 5.77. The number of aromatic nitrogens is 1. The van der Waals surface area contributed by atoms with Gasteiger partial charge >= 0.3 is 0 Å². The number of hydrogen-bond donors (Lipinski definition) is 1. The van der Waals surface area contributed by atoms with Gasteiger partial charge in [-0.1, -0.05) is 18.5 Å². The minimum absolute atomic E-state index is 0.608. The van der Waals surface area contributed by atoms with Crippen LogP contribution in [0.5, 0.6) is 0 Å². The molecule has 0 unspecified atom stereocenters. The van der Waals surface area contributed by atoms with E-state index in [1.165, 1.54) is 12.8 Å². The largest absolute Gasteiger partial charge is 0.397 e. The van der Waals surface area contributed by atoms with E-state index in [1.54, 1.807) is 0 Å². The first-order chi connectivity index (χ1) is 9.16. The Morgan fingerprint density at radius 1 is 1.21 bits per heavy atom. The minimum Gasteiger partial charge on any atom is -0.397 e. The van der Waals surface area contributed by atoms with Gasteiger partial charge in [0.15, 0.2) is 0 Å². The van der Waals surface area contributed by atoms with Gasteiger partial charge in [-0.05, 0) is 37.0 Å². The molecule has 3 rings (SSSR count). The van der Waals surface area contributed by atoms with Crippen molar-refractivity contribution in [1.29, 1.82) is 0 Å². The molecule has 2 aromatic rings. The lowest BCUT2D eigenvalue weighted by Gasteiger charge is -2.32. The number of anilines is 2. The molecule has 1 saturated heterocycles. The fourth-order valence-electron chi connectivity index (χ4n) is 2.71. The molecule has 1 aromatic carbocycles. The van der Waals surface area contributed by atoms with E-state index in [2.05, 4.69) is 16.8 Å². The molecule has 0 bridgehead atoms. The van der Waals surface area contributed by atoms with Crippen molar-refractivity contribution in [1.82, 2.24) is 4.98 Å². The van der Waals surface area contributed by atoms with E-state index in [1.807, 2.05) is 24.4 Å². The summed E-state index contributed by atoms with van der Waals surface area (Å²) in [5.41, 5.74) is 6.71.